The second kappa shape index (κ2) is 6.88. The van der Waals surface area contributed by atoms with Crippen LogP contribution in [0.15, 0.2) is 85.3 Å². The molecular formula is C22H16F3N3. The van der Waals surface area contributed by atoms with Gasteiger partial charge in [-0.25, -0.2) is 4.98 Å². The lowest BCUT2D eigenvalue weighted by molar-refractivity contribution is -0.137. The minimum Gasteiger partial charge on any atom is -0.399 e. The van der Waals surface area contributed by atoms with Crippen molar-refractivity contribution in [3.8, 4) is 28.1 Å². The van der Waals surface area contributed by atoms with Gasteiger partial charge in [0.2, 0.25) is 0 Å². The smallest absolute Gasteiger partial charge is 0.399 e. The SMILES string of the molecule is Nc1ccc(-n2cnc(-c3ccc(-c4ccccc4)c(C(F)(F)F)c3)c2)cc1. The minimum absolute atomic E-state index is 0.148. The van der Waals surface area contributed by atoms with Gasteiger partial charge in [-0.2, -0.15) is 13.2 Å². The Hall–Kier alpha value is -3.54. The second-order valence-corrected chi connectivity index (χ2v) is 6.38. The summed E-state index contributed by atoms with van der Waals surface area (Å²) in [6.07, 6.45) is -1.21. The molecule has 4 aromatic rings. The zero-order valence-corrected chi connectivity index (χ0v) is 14.7. The van der Waals surface area contributed by atoms with Gasteiger partial charge in [-0.15, -0.1) is 0 Å². The fourth-order valence-electron chi connectivity index (χ4n) is 3.07. The standard InChI is InChI=1S/C22H16F3N3/c23-22(24,25)20-12-16(6-11-19(20)15-4-2-1-3-5-15)21-13-28(14-27-21)18-9-7-17(26)8-10-18/h1-14H,26H2. The zero-order chi connectivity index (χ0) is 19.7. The highest BCUT2D eigenvalue weighted by atomic mass is 19.4. The Balaban J connectivity index is 1.76. The molecule has 0 aliphatic carbocycles. The molecular weight excluding hydrogens is 363 g/mol. The molecule has 0 saturated heterocycles. The zero-order valence-electron chi connectivity index (χ0n) is 14.7. The molecule has 0 amide bonds. The fourth-order valence-corrected chi connectivity index (χ4v) is 3.07. The monoisotopic (exact) mass is 379 g/mol. The third-order valence-corrected chi connectivity index (χ3v) is 4.48. The van der Waals surface area contributed by atoms with Crippen molar-refractivity contribution in [1.82, 2.24) is 9.55 Å². The number of hydrogen-bond acceptors (Lipinski definition) is 2. The van der Waals surface area contributed by atoms with Gasteiger partial charge in [0.25, 0.3) is 0 Å². The summed E-state index contributed by atoms with van der Waals surface area (Å²) in [6, 6.07) is 20.0. The van der Waals surface area contributed by atoms with Gasteiger partial charge in [0.1, 0.15) is 0 Å². The molecule has 3 aromatic carbocycles. The molecule has 4 rings (SSSR count). The number of rotatable bonds is 3. The number of hydrogen-bond donors (Lipinski definition) is 1. The fraction of sp³-hybridized carbons (Fsp3) is 0.0455. The quantitative estimate of drug-likeness (QED) is 0.457. The van der Waals surface area contributed by atoms with E-state index in [2.05, 4.69) is 4.98 Å². The van der Waals surface area contributed by atoms with Crippen LogP contribution < -0.4 is 5.73 Å². The third kappa shape index (κ3) is 3.49. The predicted octanol–water partition coefficient (Wildman–Crippen LogP) is 5.81. The van der Waals surface area contributed by atoms with Crippen molar-refractivity contribution in [2.45, 2.75) is 6.18 Å². The van der Waals surface area contributed by atoms with Gasteiger partial charge in [-0.05, 0) is 41.5 Å². The molecule has 6 heteroatoms. The molecule has 0 aliphatic heterocycles. The van der Waals surface area contributed by atoms with Gasteiger partial charge >= 0.3 is 6.18 Å². The van der Waals surface area contributed by atoms with Crippen molar-refractivity contribution in [3.05, 3.63) is 90.9 Å². The van der Waals surface area contributed by atoms with Crippen molar-refractivity contribution < 1.29 is 13.2 Å². The lowest BCUT2D eigenvalue weighted by Crippen LogP contribution is -2.07. The Morgan fingerprint density at radius 2 is 1.54 bits per heavy atom. The molecule has 3 nitrogen and oxygen atoms in total. The molecule has 0 bridgehead atoms. The normalized spacial score (nSPS) is 11.5. The first-order valence-corrected chi connectivity index (χ1v) is 8.59. The van der Waals surface area contributed by atoms with Crippen LogP contribution in [0.1, 0.15) is 5.56 Å². The van der Waals surface area contributed by atoms with Crippen LogP contribution in [-0.2, 0) is 6.18 Å². The van der Waals surface area contributed by atoms with Gasteiger partial charge in [0, 0.05) is 23.1 Å². The summed E-state index contributed by atoms with van der Waals surface area (Å²) in [5, 5.41) is 0. The van der Waals surface area contributed by atoms with E-state index in [0.29, 0.717) is 22.5 Å². The molecule has 1 aromatic heterocycles. The van der Waals surface area contributed by atoms with Gasteiger partial charge < -0.3 is 10.3 Å². The average Bonchev–Trinajstić information content (AvgIpc) is 3.18. The molecule has 0 aliphatic rings. The molecule has 2 N–H and O–H groups in total. The van der Waals surface area contributed by atoms with Crippen molar-refractivity contribution in [2.24, 2.45) is 0 Å². The van der Waals surface area contributed by atoms with Gasteiger partial charge in [-0.1, -0.05) is 42.5 Å². The average molecular weight is 379 g/mol. The van der Waals surface area contributed by atoms with E-state index in [1.54, 1.807) is 65.6 Å². The summed E-state index contributed by atoms with van der Waals surface area (Å²) in [5.74, 6) is 0. The number of nitrogens with two attached hydrogens (primary N) is 1. The highest BCUT2D eigenvalue weighted by Gasteiger charge is 2.34. The Morgan fingerprint density at radius 3 is 2.21 bits per heavy atom. The first kappa shape index (κ1) is 17.9. The maximum absolute atomic E-state index is 13.7. The molecule has 1 heterocycles. The lowest BCUT2D eigenvalue weighted by Gasteiger charge is -2.14. The van der Waals surface area contributed by atoms with Gasteiger partial charge in [0.15, 0.2) is 0 Å². The minimum atomic E-state index is -4.47. The van der Waals surface area contributed by atoms with E-state index in [1.165, 1.54) is 6.07 Å². The maximum Gasteiger partial charge on any atom is 0.417 e. The number of benzene rings is 3. The summed E-state index contributed by atoms with van der Waals surface area (Å²) in [5.41, 5.74) is 8.00. The largest absolute Gasteiger partial charge is 0.417 e. The number of anilines is 1. The van der Waals surface area contributed by atoms with E-state index in [9.17, 15) is 13.2 Å². The lowest BCUT2D eigenvalue weighted by atomic mass is 9.96. The Labute approximate surface area is 159 Å². The molecule has 28 heavy (non-hydrogen) atoms. The molecule has 140 valence electrons. The van der Waals surface area contributed by atoms with Crippen molar-refractivity contribution >= 4 is 5.69 Å². The number of nitrogen functional groups attached to an aromatic ring is 1. The number of alkyl halides is 3. The van der Waals surface area contributed by atoms with Crippen LogP contribution in [-0.4, -0.2) is 9.55 Å². The topological polar surface area (TPSA) is 43.8 Å². The maximum atomic E-state index is 13.7. The van der Waals surface area contributed by atoms with Crippen LogP contribution in [0.25, 0.3) is 28.1 Å². The van der Waals surface area contributed by atoms with Crippen molar-refractivity contribution in [2.75, 3.05) is 5.73 Å². The summed E-state index contributed by atoms with van der Waals surface area (Å²) in [6.45, 7) is 0. The summed E-state index contributed by atoms with van der Waals surface area (Å²) in [7, 11) is 0. The first-order chi connectivity index (χ1) is 13.4. The van der Waals surface area contributed by atoms with E-state index in [0.717, 1.165) is 11.8 Å². The summed E-state index contributed by atoms with van der Waals surface area (Å²) >= 11 is 0. The van der Waals surface area contributed by atoms with Crippen LogP contribution in [0.3, 0.4) is 0 Å². The van der Waals surface area contributed by atoms with Gasteiger partial charge in [-0.3, -0.25) is 0 Å². The molecule has 0 saturated carbocycles. The van der Waals surface area contributed by atoms with Crippen LogP contribution in [0.5, 0.6) is 0 Å². The van der Waals surface area contributed by atoms with E-state index >= 15 is 0 Å². The third-order valence-electron chi connectivity index (χ3n) is 4.48. The molecule has 0 atom stereocenters. The van der Waals surface area contributed by atoms with Crippen molar-refractivity contribution in [1.29, 1.82) is 0 Å². The van der Waals surface area contributed by atoms with Crippen LogP contribution in [0.4, 0.5) is 18.9 Å². The number of halogens is 3. The van der Waals surface area contributed by atoms with Crippen LogP contribution in [0, 0.1) is 0 Å². The summed E-state index contributed by atoms with van der Waals surface area (Å²) < 4.78 is 42.8. The molecule has 0 fully saturated rings. The predicted molar refractivity (Wildman–Crippen MR) is 104 cm³/mol. The Morgan fingerprint density at radius 1 is 0.821 bits per heavy atom. The van der Waals surface area contributed by atoms with E-state index in [1.807, 2.05) is 12.1 Å². The Kier molecular flexibility index (Phi) is 4.39. The highest BCUT2D eigenvalue weighted by molar-refractivity contribution is 5.73. The van der Waals surface area contributed by atoms with Gasteiger partial charge in [0.05, 0.1) is 17.6 Å². The molecule has 0 spiro atoms. The number of aromatic nitrogens is 2. The van der Waals surface area contributed by atoms with Crippen LogP contribution in [0.2, 0.25) is 0 Å². The molecule has 0 unspecified atom stereocenters. The van der Waals surface area contributed by atoms with E-state index < -0.39 is 11.7 Å². The second-order valence-electron chi connectivity index (χ2n) is 6.38. The van der Waals surface area contributed by atoms with Crippen LogP contribution >= 0.6 is 0 Å². The number of imidazole rings is 1. The van der Waals surface area contributed by atoms with E-state index in [4.69, 9.17) is 5.73 Å². The number of nitrogens with zero attached hydrogens (tertiary/aromatic N) is 2. The molecule has 0 radical (unpaired) electrons. The van der Waals surface area contributed by atoms with E-state index in [-0.39, 0.29) is 5.56 Å². The Bertz CT molecular complexity index is 1100. The van der Waals surface area contributed by atoms with Crippen molar-refractivity contribution in [3.63, 3.8) is 0 Å². The summed E-state index contributed by atoms with van der Waals surface area (Å²) in [4.78, 5) is 4.28. The first-order valence-electron chi connectivity index (χ1n) is 8.59. The highest BCUT2D eigenvalue weighted by Crippen LogP contribution is 2.39.